The van der Waals surface area contributed by atoms with Gasteiger partial charge in [-0.2, -0.15) is 0 Å². The minimum atomic E-state index is -0.156. The smallest absolute Gasteiger partial charge is 0.260 e. The molecule has 0 bridgehead atoms. The summed E-state index contributed by atoms with van der Waals surface area (Å²) in [6.45, 7) is 4.24. The molecule has 0 spiro atoms. The fourth-order valence-electron chi connectivity index (χ4n) is 2.32. The Bertz CT molecular complexity index is 821. The molecule has 3 rings (SSSR count). The highest BCUT2D eigenvalue weighted by atomic mass is 16.1. The van der Waals surface area contributed by atoms with Gasteiger partial charge in [0, 0.05) is 11.8 Å². The molecule has 0 saturated heterocycles. The highest BCUT2D eigenvalue weighted by Gasteiger charge is 2.11. The number of aromatic nitrogens is 3. The molecule has 4 nitrogen and oxygen atoms in total. The van der Waals surface area contributed by atoms with Gasteiger partial charge in [-0.15, -0.1) is 0 Å². The van der Waals surface area contributed by atoms with Crippen molar-refractivity contribution in [2.45, 2.75) is 19.8 Å². The van der Waals surface area contributed by atoms with E-state index in [2.05, 4.69) is 34.9 Å². The van der Waals surface area contributed by atoms with Crippen molar-refractivity contribution in [3.63, 3.8) is 0 Å². The summed E-state index contributed by atoms with van der Waals surface area (Å²) in [7, 11) is 0. The number of pyridine rings is 1. The van der Waals surface area contributed by atoms with Crippen LogP contribution in [-0.4, -0.2) is 15.0 Å². The summed E-state index contributed by atoms with van der Waals surface area (Å²) >= 11 is 0. The van der Waals surface area contributed by atoms with Crippen LogP contribution in [0.25, 0.3) is 22.4 Å². The van der Waals surface area contributed by atoms with Crippen LogP contribution < -0.4 is 5.56 Å². The number of benzene rings is 1. The van der Waals surface area contributed by atoms with E-state index in [1.54, 1.807) is 18.3 Å². The number of rotatable bonds is 2. The summed E-state index contributed by atoms with van der Waals surface area (Å²) in [6.07, 6.45) is 1.65. The molecule has 0 atom stereocenters. The lowest BCUT2D eigenvalue weighted by Gasteiger charge is -2.11. The van der Waals surface area contributed by atoms with Crippen LogP contribution in [0.1, 0.15) is 25.3 Å². The molecule has 0 aliphatic carbocycles. The van der Waals surface area contributed by atoms with E-state index in [4.69, 9.17) is 0 Å². The van der Waals surface area contributed by atoms with Crippen LogP contribution in [-0.2, 0) is 0 Å². The van der Waals surface area contributed by atoms with Gasteiger partial charge in [0.2, 0.25) is 0 Å². The molecular formula is C16H15N3O. The van der Waals surface area contributed by atoms with Gasteiger partial charge in [0.1, 0.15) is 5.82 Å². The van der Waals surface area contributed by atoms with Crippen LogP contribution in [0.3, 0.4) is 0 Å². The predicted molar refractivity (Wildman–Crippen MR) is 79.7 cm³/mol. The highest BCUT2D eigenvalue weighted by molar-refractivity contribution is 5.76. The average molecular weight is 265 g/mol. The minimum Gasteiger partial charge on any atom is -0.306 e. The Labute approximate surface area is 116 Å². The molecule has 2 aromatic heterocycles. The SMILES string of the molecule is CC(C)c1ccccc1-c1nc2ncccc2c(=O)[nH]1. The van der Waals surface area contributed by atoms with Crippen molar-refractivity contribution < 1.29 is 0 Å². The highest BCUT2D eigenvalue weighted by Crippen LogP contribution is 2.26. The Morgan fingerprint density at radius 3 is 2.70 bits per heavy atom. The zero-order valence-electron chi connectivity index (χ0n) is 11.4. The summed E-state index contributed by atoms with van der Waals surface area (Å²) < 4.78 is 0. The number of aromatic amines is 1. The molecule has 100 valence electrons. The topological polar surface area (TPSA) is 58.6 Å². The van der Waals surface area contributed by atoms with Crippen molar-refractivity contribution in [3.05, 3.63) is 58.5 Å². The Balaban J connectivity index is 2.28. The molecule has 0 radical (unpaired) electrons. The second-order valence-corrected chi connectivity index (χ2v) is 5.03. The molecule has 1 N–H and O–H groups in total. The zero-order valence-corrected chi connectivity index (χ0v) is 11.4. The lowest BCUT2D eigenvalue weighted by molar-refractivity contribution is 0.866. The Kier molecular flexibility index (Phi) is 3.06. The molecule has 1 aromatic carbocycles. The van der Waals surface area contributed by atoms with E-state index in [-0.39, 0.29) is 5.56 Å². The van der Waals surface area contributed by atoms with Crippen molar-refractivity contribution in [1.29, 1.82) is 0 Å². The van der Waals surface area contributed by atoms with Gasteiger partial charge in [0.25, 0.3) is 5.56 Å². The summed E-state index contributed by atoms with van der Waals surface area (Å²) in [6, 6.07) is 11.4. The van der Waals surface area contributed by atoms with Crippen LogP contribution in [0.15, 0.2) is 47.4 Å². The van der Waals surface area contributed by atoms with Gasteiger partial charge in [-0.1, -0.05) is 38.1 Å². The second kappa shape index (κ2) is 4.89. The van der Waals surface area contributed by atoms with Crippen LogP contribution in [0.5, 0.6) is 0 Å². The van der Waals surface area contributed by atoms with Gasteiger partial charge >= 0.3 is 0 Å². The van der Waals surface area contributed by atoms with E-state index in [0.717, 1.165) is 11.1 Å². The molecule has 2 heterocycles. The van der Waals surface area contributed by atoms with Gasteiger partial charge in [0.15, 0.2) is 5.65 Å². The first-order valence-electron chi connectivity index (χ1n) is 6.61. The molecule has 0 aliphatic heterocycles. The molecule has 0 fully saturated rings. The molecule has 0 aliphatic rings. The first kappa shape index (κ1) is 12.5. The first-order chi connectivity index (χ1) is 9.66. The summed E-state index contributed by atoms with van der Waals surface area (Å²) in [5, 5.41) is 0.512. The number of hydrogen-bond donors (Lipinski definition) is 1. The zero-order chi connectivity index (χ0) is 14.1. The molecule has 3 aromatic rings. The fourth-order valence-corrected chi connectivity index (χ4v) is 2.32. The van der Waals surface area contributed by atoms with Gasteiger partial charge in [0.05, 0.1) is 5.39 Å². The van der Waals surface area contributed by atoms with E-state index in [9.17, 15) is 4.79 Å². The summed E-state index contributed by atoms with van der Waals surface area (Å²) in [5.41, 5.74) is 2.43. The van der Waals surface area contributed by atoms with E-state index in [0.29, 0.717) is 22.8 Å². The normalized spacial score (nSPS) is 11.2. The predicted octanol–water partition coefficient (Wildman–Crippen LogP) is 3.11. The monoisotopic (exact) mass is 265 g/mol. The molecular weight excluding hydrogens is 250 g/mol. The standard InChI is InChI=1S/C16H15N3O/c1-10(2)11-6-3-4-7-12(11)15-18-14-13(16(20)19-15)8-5-9-17-14/h3-10H,1-2H3,(H,17,18,19,20). The largest absolute Gasteiger partial charge is 0.306 e. The lowest BCUT2D eigenvalue weighted by Crippen LogP contribution is -2.11. The molecule has 0 amide bonds. The van der Waals surface area contributed by atoms with Crippen molar-refractivity contribution in [2.24, 2.45) is 0 Å². The second-order valence-electron chi connectivity index (χ2n) is 5.03. The Hall–Kier alpha value is -2.49. The minimum absolute atomic E-state index is 0.156. The molecule has 0 unspecified atom stereocenters. The maximum atomic E-state index is 12.1. The fraction of sp³-hybridized carbons (Fsp3) is 0.188. The van der Waals surface area contributed by atoms with Crippen molar-refractivity contribution in [3.8, 4) is 11.4 Å². The Morgan fingerprint density at radius 2 is 1.90 bits per heavy atom. The molecule has 0 saturated carbocycles. The Morgan fingerprint density at radius 1 is 1.10 bits per heavy atom. The van der Waals surface area contributed by atoms with Crippen molar-refractivity contribution in [2.75, 3.05) is 0 Å². The van der Waals surface area contributed by atoms with Crippen molar-refractivity contribution >= 4 is 11.0 Å². The third-order valence-electron chi connectivity index (χ3n) is 3.32. The van der Waals surface area contributed by atoms with Crippen LogP contribution >= 0.6 is 0 Å². The first-order valence-corrected chi connectivity index (χ1v) is 6.61. The van der Waals surface area contributed by atoms with Gasteiger partial charge < -0.3 is 4.98 Å². The van der Waals surface area contributed by atoms with Crippen LogP contribution in [0, 0.1) is 0 Å². The maximum absolute atomic E-state index is 12.1. The molecule has 4 heteroatoms. The van der Waals surface area contributed by atoms with E-state index < -0.39 is 0 Å². The van der Waals surface area contributed by atoms with Crippen molar-refractivity contribution in [1.82, 2.24) is 15.0 Å². The average Bonchev–Trinajstić information content (AvgIpc) is 2.47. The number of hydrogen-bond acceptors (Lipinski definition) is 3. The third kappa shape index (κ3) is 2.09. The maximum Gasteiger partial charge on any atom is 0.260 e. The lowest BCUT2D eigenvalue weighted by atomic mass is 9.97. The quantitative estimate of drug-likeness (QED) is 0.774. The summed E-state index contributed by atoms with van der Waals surface area (Å²) in [4.78, 5) is 23.6. The van der Waals surface area contributed by atoms with Crippen LogP contribution in [0.2, 0.25) is 0 Å². The van der Waals surface area contributed by atoms with E-state index in [1.807, 2.05) is 18.2 Å². The number of H-pyrrole nitrogens is 1. The van der Waals surface area contributed by atoms with Gasteiger partial charge in [-0.3, -0.25) is 4.79 Å². The van der Waals surface area contributed by atoms with E-state index >= 15 is 0 Å². The van der Waals surface area contributed by atoms with Gasteiger partial charge in [-0.25, -0.2) is 9.97 Å². The summed E-state index contributed by atoms with van der Waals surface area (Å²) in [5.74, 6) is 0.932. The number of nitrogens with one attached hydrogen (secondary N) is 1. The number of fused-ring (bicyclic) bond motifs is 1. The van der Waals surface area contributed by atoms with E-state index in [1.165, 1.54) is 0 Å². The number of nitrogens with zero attached hydrogens (tertiary/aromatic N) is 2. The molecule has 20 heavy (non-hydrogen) atoms. The van der Waals surface area contributed by atoms with Gasteiger partial charge in [-0.05, 0) is 23.6 Å². The third-order valence-corrected chi connectivity index (χ3v) is 3.32. The van der Waals surface area contributed by atoms with Crippen LogP contribution in [0.4, 0.5) is 0 Å².